The van der Waals surface area contributed by atoms with Crippen molar-refractivity contribution < 1.29 is 14.3 Å². The highest BCUT2D eigenvalue weighted by Crippen LogP contribution is 2.28. The normalized spacial score (nSPS) is 12.3. The summed E-state index contributed by atoms with van der Waals surface area (Å²) < 4.78 is 13.3. The van der Waals surface area contributed by atoms with E-state index in [2.05, 4.69) is 48.4 Å². The van der Waals surface area contributed by atoms with Gasteiger partial charge < -0.3 is 19.4 Å². The van der Waals surface area contributed by atoms with Crippen LogP contribution < -0.4 is 14.8 Å². The van der Waals surface area contributed by atoms with E-state index >= 15 is 0 Å². The molecule has 33 heavy (non-hydrogen) atoms. The molecule has 1 unspecified atom stereocenters. The molecule has 176 valence electrons. The molecule has 3 rings (SSSR count). The first-order chi connectivity index (χ1) is 15.7. The number of thioether (sulfide) groups is 1. The molecule has 0 radical (unpaired) electrons. The Morgan fingerprint density at radius 3 is 2.48 bits per heavy atom. The smallest absolute Gasteiger partial charge is 0.234 e. The van der Waals surface area contributed by atoms with E-state index < -0.39 is 0 Å². The van der Waals surface area contributed by atoms with Gasteiger partial charge in [-0.2, -0.15) is 0 Å². The van der Waals surface area contributed by atoms with Crippen LogP contribution in [0.3, 0.4) is 0 Å². The molecule has 0 bridgehead atoms. The van der Waals surface area contributed by atoms with Crippen molar-refractivity contribution in [2.24, 2.45) is 0 Å². The van der Waals surface area contributed by atoms with E-state index in [1.807, 2.05) is 48.7 Å². The predicted molar refractivity (Wildman–Crippen MR) is 132 cm³/mol. The molecule has 0 aliphatic rings. The van der Waals surface area contributed by atoms with E-state index in [1.165, 1.54) is 17.3 Å². The number of carbonyl (C=O) groups excluding carboxylic acids is 1. The maximum Gasteiger partial charge on any atom is 0.234 e. The lowest BCUT2D eigenvalue weighted by Gasteiger charge is -2.20. The fourth-order valence-electron chi connectivity index (χ4n) is 3.32. The van der Waals surface area contributed by atoms with Crippen LogP contribution in [0.15, 0.2) is 53.7 Å². The summed E-state index contributed by atoms with van der Waals surface area (Å²) in [6, 6.07) is 15.4. The van der Waals surface area contributed by atoms with Crippen LogP contribution in [0.25, 0.3) is 0 Å². The van der Waals surface area contributed by atoms with Crippen molar-refractivity contribution in [2.45, 2.75) is 57.8 Å². The van der Waals surface area contributed by atoms with Gasteiger partial charge in [0.2, 0.25) is 5.91 Å². The number of amides is 1. The summed E-state index contributed by atoms with van der Waals surface area (Å²) in [5.41, 5.74) is 2.04. The van der Waals surface area contributed by atoms with E-state index in [-0.39, 0.29) is 23.2 Å². The molecule has 0 aliphatic carbocycles. The van der Waals surface area contributed by atoms with Gasteiger partial charge >= 0.3 is 0 Å². The lowest BCUT2D eigenvalue weighted by Crippen LogP contribution is -2.15. The van der Waals surface area contributed by atoms with Crippen LogP contribution >= 0.6 is 11.8 Å². The second-order valence-corrected chi connectivity index (χ2v) is 9.63. The van der Waals surface area contributed by atoms with E-state index in [1.54, 1.807) is 13.2 Å². The molecule has 1 amide bonds. The third-order valence-corrected chi connectivity index (χ3v) is 6.11. The maximum atomic E-state index is 12.4. The molecular weight excluding hydrogens is 436 g/mol. The number of aromatic nitrogens is 3. The number of benzene rings is 2. The van der Waals surface area contributed by atoms with Crippen LogP contribution in [-0.4, -0.2) is 33.5 Å². The lowest BCUT2D eigenvalue weighted by atomic mass is 9.87. The summed E-state index contributed by atoms with van der Waals surface area (Å²) in [4.78, 5) is 12.4. The maximum absolute atomic E-state index is 12.4. The first kappa shape index (κ1) is 24.6. The topological polar surface area (TPSA) is 78.3 Å². The van der Waals surface area contributed by atoms with Crippen molar-refractivity contribution >= 4 is 23.4 Å². The quantitative estimate of drug-likeness (QED) is 0.419. The van der Waals surface area contributed by atoms with Crippen LogP contribution in [0, 0.1) is 0 Å². The number of ether oxygens (including phenoxy) is 2. The lowest BCUT2D eigenvalue weighted by molar-refractivity contribution is -0.113. The number of rotatable bonds is 9. The zero-order chi connectivity index (χ0) is 24.0. The van der Waals surface area contributed by atoms with E-state index in [4.69, 9.17) is 9.47 Å². The van der Waals surface area contributed by atoms with Crippen molar-refractivity contribution in [1.82, 2.24) is 14.8 Å². The van der Waals surface area contributed by atoms with Gasteiger partial charge in [0.15, 0.2) is 17.1 Å². The molecule has 1 heterocycles. The Balaban J connectivity index is 1.62. The first-order valence-corrected chi connectivity index (χ1v) is 12.0. The average molecular weight is 469 g/mol. The van der Waals surface area contributed by atoms with Gasteiger partial charge in [-0.1, -0.05) is 50.7 Å². The largest absolute Gasteiger partial charge is 0.497 e. The van der Waals surface area contributed by atoms with E-state index in [0.29, 0.717) is 23.1 Å². The van der Waals surface area contributed by atoms with E-state index in [0.717, 1.165) is 11.6 Å². The van der Waals surface area contributed by atoms with Crippen molar-refractivity contribution in [1.29, 1.82) is 0 Å². The molecule has 0 aliphatic heterocycles. The minimum Gasteiger partial charge on any atom is -0.497 e. The molecule has 1 aromatic heterocycles. The van der Waals surface area contributed by atoms with Gasteiger partial charge in [0.05, 0.1) is 12.9 Å². The number of hydrogen-bond acceptors (Lipinski definition) is 6. The number of hydrogen-bond donors (Lipinski definition) is 1. The Kier molecular flexibility index (Phi) is 8.02. The van der Waals surface area contributed by atoms with Crippen LogP contribution in [0.1, 0.15) is 52.1 Å². The Bertz CT molecular complexity index is 1070. The Hall–Kier alpha value is -3.00. The van der Waals surface area contributed by atoms with E-state index in [9.17, 15) is 4.79 Å². The Labute approximate surface area is 199 Å². The molecule has 1 atom stereocenters. The Morgan fingerprint density at radius 2 is 1.85 bits per heavy atom. The molecule has 0 spiro atoms. The monoisotopic (exact) mass is 468 g/mol. The fourth-order valence-corrected chi connectivity index (χ4v) is 4.13. The highest BCUT2D eigenvalue weighted by atomic mass is 32.2. The molecule has 0 fully saturated rings. The SMILES string of the molecule is CCn1c(SCC(=O)Nc2cccc(OC)c2)nnc1C(C)Oc1ccc(C(C)(C)C)cc1. The number of anilines is 1. The van der Waals surface area contributed by atoms with Crippen molar-refractivity contribution in [3.8, 4) is 11.5 Å². The molecule has 8 heteroatoms. The summed E-state index contributed by atoms with van der Waals surface area (Å²) in [6.07, 6.45) is -0.280. The molecule has 0 saturated heterocycles. The predicted octanol–water partition coefficient (Wildman–Crippen LogP) is 5.47. The zero-order valence-corrected chi connectivity index (χ0v) is 20.9. The summed E-state index contributed by atoms with van der Waals surface area (Å²) in [7, 11) is 1.59. The van der Waals surface area contributed by atoms with Gasteiger partial charge in [-0.3, -0.25) is 4.79 Å². The summed E-state index contributed by atoms with van der Waals surface area (Å²) in [5, 5.41) is 12.2. The van der Waals surface area contributed by atoms with Crippen LogP contribution in [0.4, 0.5) is 5.69 Å². The molecule has 7 nitrogen and oxygen atoms in total. The van der Waals surface area contributed by atoms with Crippen molar-refractivity contribution in [3.63, 3.8) is 0 Å². The summed E-state index contributed by atoms with van der Waals surface area (Å²) in [6.45, 7) is 11.2. The van der Waals surface area contributed by atoms with Crippen LogP contribution in [0.5, 0.6) is 11.5 Å². The molecule has 0 saturated carbocycles. The van der Waals surface area contributed by atoms with Crippen molar-refractivity contribution in [3.05, 3.63) is 59.9 Å². The first-order valence-electron chi connectivity index (χ1n) is 11.0. The summed E-state index contributed by atoms with van der Waals surface area (Å²) >= 11 is 1.35. The number of nitrogens with zero attached hydrogens (tertiary/aromatic N) is 3. The van der Waals surface area contributed by atoms with Gasteiger partial charge in [-0.15, -0.1) is 10.2 Å². The van der Waals surface area contributed by atoms with Crippen LogP contribution in [0.2, 0.25) is 0 Å². The van der Waals surface area contributed by atoms with Crippen molar-refractivity contribution in [2.75, 3.05) is 18.2 Å². The highest BCUT2D eigenvalue weighted by Gasteiger charge is 2.20. The second-order valence-electron chi connectivity index (χ2n) is 8.69. The van der Waals surface area contributed by atoms with Crippen LogP contribution in [-0.2, 0) is 16.8 Å². The van der Waals surface area contributed by atoms with Gasteiger partial charge in [-0.25, -0.2) is 0 Å². The molecule has 3 aromatic rings. The zero-order valence-electron chi connectivity index (χ0n) is 20.1. The highest BCUT2D eigenvalue weighted by molar-refractivity contribution is 7.99. The third-order valence-electron chi connectivity index (χ3n) is 5.14. The number of nitrogens with one attached hydrogen (secondary N) is 1. The third kappa shape index (κ3) is 6.51. The summed E-state index contributed by atoms with van der Waals surface area (Å²) in [5.74, 6) is 2.31. The van der Waals surface area contributed by atoms with Gasteiger partial charge in [0.25, 0.3) is 0 Å². The molecule has 1 N–H and O–H groups in total. The minimum absolute atomic E-state index is 0.0948. The molecule has 2 aromatic carbocycles. The fraction of sp³-hybridized carbons (Fsp3) is 0.400. The molecular formula is C25H32N4O3S. The number of carbonyl (C=O) groups is 1. The average Bonchev–Trinajstić information content (AvgIpc) is 3.20. The number of methoxy groups -OCH3 is 1. The van der Waals surface area contributed by atoms with Gasteiger partial charge in [0, 0.05) is 18.3 Å². The second kappa shape index (κ2) is 10.7. The van der Waals surface area contributed by atoms with Gasteiger partial charge in [-0.05, 0) is 49.1 Å². The Morgan fingerprint density at radius 1 is 1.12 bits per heavy atom. The van der Waals surface area contributed by atoms with Gasteiger partial charge in [0.1, 0.15) is 11.5 Å². The standard InChI is InChI=1S/C25H32N4O3S/c1-7-29-23(17(2)32-20-13-11-18(12-14-20)25(3,4)5)27-28-24(29)33-16-22(30)26-19-9-8-10-21(15-19)31-6/h8-15,17H,7,16H2,1-6H3,(H,26,30). The minimum atomic E-state index is -0.280.